The Balaban J connectivity index is 4.90. The van der Waals surface area contributed by atoms with Crippen LogP contribution < -0.4 is 5.32 Å². The maximum absolute atomic E-state index is 12.7. The third-order valence-corrected chi connectivity index (χ3v) is 6.12. The summed E-state index contributed by atoms with van der Waals surface area (Å²) in [7, 11) is 0. The molecule has 0 saturated carbocycles. The fourth-order valence-corrected chi connectivity index (χ4v) is 3.99. The topological polar surface area (TPSA) is 252 Å². The zero-order chi connectivity index (χ0) is 32.8. The van der Waals surface area contributed by atoms with Gasteiger partial charge in [-0.25, -0.2) is 0 Å². The second-order valence-corrected chi connectivity index (χ2v) is 9.91. The van der Waals surface area contributed by atoms with Gasteiger partial charge in [0.15, 0.2) is 0 Å². The third-order valence-electron chi connectivity index (χ3n) is 6.12. The lowest BCUT2D eigenvalue weighted by atomic mass is 10.1. The molecule has 0 bridgehead atoms. The van der Waals surface area contributed by atoms with Gasteiger partial charge in [0, 0.05) is 45.1 Å². The van der Waals surface area contributed by atoms with E-state index in [1.165, 1.54) is 9.80 Å². The maximum atomic E-state index is 12.7. The number of esters is 1. The summed E-state index contributed by atoms with van der Waals surface area (Å²) >= 11 is 0. The molecule has 0 heterocycles. The number of rotatable bonds is 27. The van der Waals surface area contributed by atoms with E-state index in [4.69, 9.17) is 20.1 Å². The van der Waals surface area contributed by atoms with Crippen molar-refractivity contribution in [2.24, 2.45) is 0 Å². The molecular weight excluding hydrogens is 576 g/mol. The second-order valence-electron chi connectivity index (χ2n) is 9.91. The van der Waals surface area contributed by atoms with Crippen molar-refractivity contribution in [3.8, 4) is 0 Å². The summed E-state index contributed by atoms with van der Waals surface area (Å²) in [5, 5.41) is 47.9. The largest absolute Gasteiger partial charge is 0.481 e. The Labute approximate surface area is 249 Å². The summed E-state index contributed by atoms with van der Waals surface area (Å²) in [6, 6.07) is -0.389. The molecule has 0 aliphatic carbocycles. The Bertz CT molecular complexity index is 915. The van der Waals surface area contributed by atoms with Gasteiger partial charge in [-0.15, -0.1) is 0 Å². The third kappa shape index (κ3) is 23.4. The molecule has 0 aromatic heterocycles. The Morgan fingerprint density at radius 2 is 1.07 bits per heavy atom. The number of unbranched alkanes of at least 4 members (excludes halogenated alkanes) is 2. The van der Waals surface area contributed by atoms with Crippen molar-refractivity contribution in [2.45, 2.75) is 57.9 Å². The van der Waals surface area contributed by atoms with Crippen LogP contribution in [0.5, 0.6) is 0 Å². The maximum Gasteiger partial charge on any atom is 0.317 e. The molecule has 17 heteroatoms. The molecule has 1 amide bonds. The molecule has 43 heavy (non-hydrogen) atoms. The van der Waals surface area contributed by atoms with Crippen LogP contribution in [-0.4, -0.2) is 154 Å². The number of nitrogens with zero attached hydrogens (tertiary/aromatic N) is 3. The van der Waals surface area contributed by atoms with Crippen LogP contribution >= 0.6 is 0 Å². The van der Waals surface area contributed by atoms with Crippen LogP contribution in [0, 0.1) is 0 Å². The molecular formula is C26H44N4O13. The van der Waals surface area contributed by atoms with Crippen molar-refractivity contribution in [1.82, 2.24) is 20.0 Å². The summed E-state index contributed by atoms with van der Waals surface area (Å²) < 4.78 is 5.13. The van der Waals surface area contributed by atoms with Crippen LogP contribution in [0.2, 0.25) is 0 Å². The van der Waals surface area contributed by atoms with Gasteiger partial charge in [0.25, 0.3) is 0 Å². The zero-order valence-corrected chi connectivity index (χ0v) is 24.4. The van der Waals surface area contributed by atoms with E-state index >= 15 is 0 Å². The second kappa shape index (κ2) is 22.7. The highest BCUT2D eigenvalue weighted by Crippen LogP contribution is 2.06. The summed E-state index contributed by atoms with van der Waals surface area (Å²) in [5.41, 5.74) is 0. The van der Waals surface area contributed by atoms with Crippen molar-refractivity contribution >= 4 is 41.7 Å². The minimum Gasteiger partial charge on any atom is -0.481 e. The van der Waals surface area contributed by atoms with Gasteiger partial charge >= 0.3 is 35.8 Å². The quantitative estimate of drug-likeness (QED) is 0.0480. The lowest BCUT2D eigenvalue weighted by Crippen LogP contribution is -2.47. The first kappa shape index (κ1) is 39.2. The molecule has 0 spiro atoms. The highest BCUT2D eigenvalue weighted by molar-refractivity contribution is 5.79. The minimum absolute atomic E-state index is 0.000196. The van der Waals surface area contributed by atoms with E-state index in [1.807, 2.05) is 0 Å². The van der Waals surface area contributed by atoms with Gasteiger partial charge in [0.05, 0.1) is 39.3 Å². The Hall–Kier alpha value is -3.83. The lowest BCUT2D eigenvalue weighted by Gasteiger charge is -2.28. The smallest absolute Gasteiger partial charge is 0.317 e. The molecule has 1 unspecified atom stereocenters. The Morgan fingerprint density at radius 1 is 0.605 bits per heavy atom. The van der Waals surface area contributed by atoms with Crippen molar-refractivity contribution in [1.29, 1.82) is 0 Å². The molecule has 0 aliphatic heterocycles. The molecule has 0 aliphatic rings. The number of hydrogen-bond donors (Lipinski definition) is 6. The fraction of sp³-hybridized carbons (Fsp3) is 0.731. The van der Waals surface area contributed by atoms with Crippen LogP contribution in [0.25, 0.3) is 0 Å². The van der Waals surface area contributed by atoms with E-state index in [2.05, 4.69) is 5.32 Å². The molecule has 0 aromatic carbocycles. The van der Waals surface area contributed by atoms with Gasteiger partial charge in [0.1, 0.15) is 0 Å². The Morgan fingerprint density at radius 3 is 1.53 bits per heavy atom. The highest BCUT2D eigenvalue weighted by atomic mass is 16.5. The number of carboxylic acid groups (broad SMARTS) is 5. The average Bonchev–Trinajstić information content (AvgIpc) is 2.88. The Kier molecular flexibility index (Phi) is 20.7. The molecule has 0 saturated heterocycles. The van der Waals surface area contributed by atoms with Crippen LogP contribution in [-0.2, 0) is 38.3 Å². The molecule has 1 atom stereocenters. The van der Waals surface area contributed by atoms with Gasteiger partial charge in [-0.05, 0) is 32.1 Å². The van der Waals surface area contributed by atoms with Crippen molar-refractivity contribution in [3.05, 3.63) is 0 Å². The number of amides is 1. The predicted molar refractivity (Wildman–Crippen MR) is 148 cm³/mol. The summed E-state index contributed by atoms with van der Waals surface area (Å²) in [6.45, 7) is -0.599. The van der Waals surface area contributed by atoms with Crippen LogP contribution in [0.1, 0.15) is 51.9 Å². The first-order valence-corrected chi connectivity index (χ1v) is 13.9. The normalized spacial score (nSPS) is 11.8. The lowest BCUT2D eigenvalue weighted by molar-refractivity contribution is -0.145. The van der Waals surface area contributed by atoms with Gasteiger partial charge in [-0.3, -0.25) is 48.3 Å². The number of carbonyl (C=O) groups is 7. The SMILES string of the molecule is CCC(CCC(=O)OCCCCCC(=O)O)NC(=O)CN(CCN(CCN(CC(=O)O)CC(=O)O)CC(=O)O)CC(=O)O. The van der Waals surface area contributed by atoms with E-state index in [-0.39, 0.29) is 64.6 Å². The standard InChI is InChI=1S/C26H44N4O13/c1-2-19(7-8-26(42)43-13-5-3-4-6-21(32)33)27-20(31)14-29(16-23(36)37)11-9-28(15-22(34)35)10-12-30(17-24(38)39)18-25(40)41/h19H,2-18H2,1H3,(H,27,31)(H,32,33)(H,34,35)(H,36,37)(H,38,39)(H,40,41). The first-order chi connectivity index (χ1) is 20.2. The number of carboxylic acids is 5. The number of carbonyl (C=O) groups excluding carboxylic acids is 2. The predicted octanol–water partition coefficient (Wildman–Crippen LogP) is -0.906. The van der Waals surface area contributed by atoms with Gasteiger partial charge in [-0.2, -0.15) is 0 Å². The van der Waals surface area contributed by atoms with E-state index in [9.17, 15) is 43.8 Å². The number of aliphatic carboxylic acids is 5. The first-order valence-electron chi connectivity index (χ1n) is 13.9. The van der Waals surface area contributed by atoms with Crippen LogP contribution in [0.15, 0.2) is 0 Å². The fourth-order valence-electron chi connectivity index (χ4n) is 3.99. The van der Waals surface area contributed by atoms with Gasteiger partial charge in [0.2, 0.25) is 5.91 Å². The molecule has 0 rings (SSSR count). The van der Waals surface area contributed by atoms with E-state index in [1.54, 1.807) is 6.92 Å². The zero-order valence-electron chi connectivity index (χ0n) is 24.4. The number of ether oxygens (including phenoxy) is 1. The molecule has 0 aromatic rings. The van der Waals surface area contributed by atoms with Crippen LogP contribution in [0.3, 0.4) is 0 Å². The number of hydrogen-bond acceptors (Lipinski definition) is 11. The van der Waals surface area contributed by atoms with E-state index in [0.717, 1.165) is 4.90 Å². The summed E-state index contributed by atoms with van der Waals surface area (Å²) in [4.78, 5) is 83.7. The van der Waals surface area contributed by atoms with Gasteiger partial charge < -0.3 is 35.6 Å². The summed E-state index contributed by atoms with van der Waals surface area (Å²) in [5.74, 6) is -6.76. The molecule has 0 fully saturated rings. The van der Waals surface area contributed by atoms with Crippen molar-refractivity contribution in [2.75, 3.05) is 65.5 Å². The highest BCUT2D eigenvalue weighted by Gasteiger charge is 2.21. The summed E-state index contributed by atoms with van der Waals surface area (Å²) in [6.07, 6.45) is 2.51. The average molecular weight is 621 g/mol. The van der Waals surface area contributed by atoms with Crippen molar-refractivity contribution < 1.29 is 63.8 Å². The molecule has 246 valence electrons. The van der Waals surface area contributed by atoms with Crippen LogP contribution in [0.4, 0.5) is 0 Å². The van der Waals surface area contributed by atoms with Crippen molar-refractivity contribution in [3.63, 3.8) is 0 Å². The number of nitrogens with one attached hydrogen (secondary N) is 1. The molecule has 17 nitrogen and oxygen atoms in total. The van der Waals surface area contributed by atoms with E-state index < -0.39 is 67.9 Å². The monoisotopic (exact) mass is 620 g/mol. The molecule has 0 radical (unpaired) electrons. The van der Waals surface area contributed by atoms with E-state index in [0.29, 0.717) is 25.7 Å². The van der Waals surface area contributed by atoms with Gasteiger partial charge in [-0.1, -0.05) is 6.92 Å². The minimum atomic E-state index is -1.25. The molecule has 6 N–H and O–H groups in total.